The Balaban J connectivity index is 0.000000730. The molecule has 2 aromatic rings. The maximum absolute atomic E-state index is 13.8. The van der Waals surface area contributed by atoms with Gasteiger partial charge in [0.05, 0.1) is 12.6 Å². The number of nitrogens with zero attached hydrogens (tertiary/aromatic N) is 1. The highest BCUT2D eigenvalue weighted by Gasteiger charge is 2.42. The van der Waals surface area contributed by atoms with Crippen LogP contribution in [-0.4, -0.2) is 99.6 Å². The molecule has 2 aromatic carbocycles. The number of ketones is 1. The van der Waals surface area contributed by atoms with Gasteiger partial charge in [-0.15, -0.1) is 0 Å². The van der Waals surface area contributed by atoms with Gasteiger partial charge in [0, 0.05) is 6.54 Å². The highest BCUT2D eigenvalue weighted by atomic mass is 35.6. The molecule has 17 heteroatoms. The second-order valence-electron chi connectivity index (χ2n) is 12.8. The van der Waals surface area contributed by atoms with Gasteiger partial charge < -0.3 is 36.0 Å². The van der Waals surface area contributed by atoms with E-state index in [2.05, 4.69) is 21.3 Å². The van der Waals surface area contributed by atoms with Gasteiger partial charge in [-0.3, -0.25) is 28.8 Å². The van der Waals surface area contributed by atoms with E-state index in [0.29, 0.717) is 32.1 Å². The first-order chi connectivity index (χ1) is 26.2. The second-order valence-corrected chi connectivity index (χ2v) is 15.3. The number of carboxylic acid groups (broad SMARTS) is 1. The molecular formula is C38H50Cl3N5O9. The van der Waals surface area contributed by atoms with Crippen LogP contribution in [0.4, 0.5) is 4.79 Å². The van der Waals surface area contributed by atoms with Gasteiger partial charge in [0.15, 0.2) is 0 Å². The zero-order valence-corrected chi connectivity index (χ0v) is 33.0. The summed E-state index contributed by atoms with van der Waals surface area (Å²) in [6.07, 6.45) is 4.51. The first-order valence-corrected chi connectivity index (χ1v) is 19.3. The van der Waals surface area contributed by atoms with E-state index in [-0.39, 0.29) is 18.9 Å². The molecular weight excluding hydrogens is 777 g/mol. The van der Waals surface area contributed by atoms with Crippen LogP contribution in [0.2, 0.25) is 0 Å². The molecule has 4 rings (SSSR count). The molecule has 0 radical (unpaired) electrons. The monoisotopic (exact) mass is 825 g/mol. The van der Waals surface area contributed by atoms with E-state index in [0.717, 1.165) is 19.3 Å². The van der Waals surface area contributed by atoms with Crippen LogP contribution in [0.15, 0.2) is 72.8 Å². The number of halogens is 3. The molecule has 2 fully saturated rings. The first-order valence-electron chi connectivity index (χ1n) is 18.1. The van der Waals surface area contributed by atoms with Gasteiger partial charge in [-0.25, -0.2) is 4.79 Å². The number of aliphatic carboxylic acids is 1. The van der Waals surface area contributed by atoms with Crippen LogP contribution in [0.3, 0.4) is 0 Å². The van der Waals surface area contributed by atoms with E-state index in [1.54, 1.807) is 6.92 Å². The third-order valence-electron chi connectivity index (χ3n) is 8.48. The number of carboxylic acids is 1. The summed E-state index contributed by atoms with van der Waals surface area (Å²) in [6.45, 7) is 0.175. The number of carbonyl (C=O) groups excluding carboxylic acids is 6. The lowest BCUT2D eigenvalue weighted by Crippen LogP contribution is -2.58. The number of hydrogen-bond acceptors (Lipinski definition) is 8. The lowest BCUT2D eigenvalue weighted by atomic mass is 9.83. The van der Waals surface area contributed by atoms with E-state index in [1.165, 1.54) is 4.90 Å². The summed E-state index contributed by atoms with van der Waals surface area (Å²) >= 11 is 17.0. The van der Waals surface area contributed by atoms with Crippen molar-refractivity contribution in [3.05, 3.63) is 72.8 Å². The number of carbonyl (C=O) groups is 7. The predicted octanol–water partition coefficient (Wildman–Crippen LogP) is 4.57. The fourth-order valence-electron chi connectivity index (χ4n) is 5.88. The molecule has 14 nitrogen and oxygen atoms in total. The van der Waals surface area contributed by atoms with Crippen molar-refractivity contribution in [2.45, 2.75) is 86.6 Å². The topological polar surface area (TPSA) is 200 Å². The molecule has 1 heterocycles. The quantitative estimate of drug-likeness (QED) is 0.134. The number of Topliss-reactive ketones (excluding diaryl/α,β-unsaturated/α-hetero) is 1. The van der Waals surface area contributed by atoms with E-state index < -0.39 is 83.1 Å². The minimum atomic E-state index is -1.84. The van der Waals surface area contributed by atoms with Gasteiger partial charge in [0.1, 0.15) is 25.2 Å². The van der Waals surface area contributed by atoms with Crippen molar-refractivity contribution < 1.29 is 43.4 Å². The summed E-state index contributed by atoms with van der Waals surface area (Å²) in [7, 11) is 0. The summed E-state index contributed by atoms with van der Waals surface area (Å²) in [5, 5.41) is 17.9. The largest absolute Gasteiger partial charge is 0.480 e. The number of ether oxygens (including phenoxy) is 1. The van der Waals surface area contributed by atoms with Gasteiger partial charge in [0.25, 0.3) is 5.91 Å². The molecule has 55 heavy (non-hydrogen) atoms. The SMILES string of the molecule is CCCC(NC(=O)[C@@H]1CCCN1C(=O)[C@@H](NC(=O)OCC(Cl)(Cl)Cl)C1CCCCC1)C(=O)C(=O)NCC(=O)NCC(=O)O.c1ccccc1.c1ccccc1. The molecule has 302 valence electrons. The maximum Gasteiger partial charge on any atom is 0.407 e. The standard InChI is InChI=1S/C26H38Cl3N5O9.2C6H6/c1-2-7-16(21(38)23(40)31-12-18(35)30-13-19(36)37)32-22(39)17-10-6-11-34(17)24(41)20(15-8-4-3-5-9-15)33-25(42)43-14-26(27,28)29;2*1-2-4-6-5-3-1/h15-17,20H,2-14H2,1H3,(H,30,35)(H,31,40)(H,32,39)(H,33,42)(H,36,37);2*1-6H/t16?,17-,20-;;/m0../s1. The molecule has 1 aliphatic carbocycles. The Morgan fingerprint density at radius 2 is 1.31 bits per heavy atom. The molecule has 1 unspecified atom stereocenters. The van der Waals surface area contributed by atoms with Gasteiger partial charge >= 0.3 is 12.1 Å². The van der Waals surface area contributed by atoms with Crippen LogP contribution in [-0.2, 0) is 33.5 Å². The zero-order chi connectivity index (χ0) is 40.6. The van der Waals surface area contributed by atoms with Gasteiger partial charge in [-0.1, -0.05) is 140 Å². The van der Waals surface area contributed by atoms with Crippen LogP contribution < -0.4 is 21.3 Å². The summed E-state index contributed by atoms with van der Waals surface area (Å²) in [6, 6.07) is 20.8. The average Bonchev–Trinajstić information content (AvgIpc) is 3.69. The number of benzene rings is 2. The second kappa shape index (κ2) is 25.6. The Morgan fingerprint density at radius 1 is 0.764 bits per heavy atom. The number of amides is 5. The van der Waals surface area contributed by atoms with Crippen LogP contribution in [0, 0.1) is 5.92 Å². The first kappa shape index (κ1) is 46.8. The van der Waals surface area contributed by atoms with Crippen molar-refractivity contribution in [1.29, 1.82) is 0 Å². The van der Waals surface area contributed by atoms with Crippen LogP contribution in [0.5, 0.6) is 0 Å². The summed E-state index contributed by atoms with van der Waals surface area (Å²) < 4.78 is 3.14. The lowest BCUT2D eigenvalue weighted by Gasteiger charge is -2.34. The number of nitrogens with one attached hydrogen (secondary N) is 4. The minimum absolute atomic E-state index is 0.116. The third kappa shape index (κ3) is 19.2. The van der Waals surface area contributed by atoms with Crippen LogP contribution >= 0.6 is 34.8 Å². The van der Waals surface area contributed by atoms with Gasteiger partial charge in [0.2, 0.25) is 27.3 Å². The van der Waals surface area contributed by atoms with E-state index in [1.807, 2.05) is 72.8 Å². The summed E-state index contributed by atoms with van der Waals surface area (Å²) in [4.78, 5) is 88.5. The molecule has 5 amide bonds. The van der Waals surface area contributed by atoms with Crippen molar-refractivity contribution in [2.75, 3.05) is 26.2 Å². The fraction of sp³-hybridized carbons (Fsp3) is 0.500. The highest BCUT2D eigenvalue weighted by molar-refractivity contribution is 6.67. The van der Waals surface area contributed by atoms with Crippen molar-refractivity contribution in [2.24, 2.45) is 5.92 Å². The number of rotatable bonds is 14. The Hall–Kier alpha value is -4.40. The predicted molar refractivity (Wildman–Crippen MR) is 208 cm³/mol. The average molecular weight is 827 g/mol. The van der Waals surface area contributed by atoms with Crippen molar-refractivity contribution in [1.82, 2.24) is 26.2 Å². The normalized spacial score (nSPS) is 16.3. The van der Waals surface area contributed by atoms with Crippen LogP contribution in [0.25, 0.3) is 0 Å². The van der Waals surface area contributed by atoms with Crippen LogP contribution in [0.1, 0.15) is 64.7 Å². The molecule has 2 aliphatic rings. The lowest BCUT2D eigenvalue weighted by molar-refractivity contribution is -0.143. The molecule has 1 saturated heterocycles. The molecule has 0 bridgehead atoms. The number of hydrogen-bond donors (Lipinski definition) is 5. The molecule has 1 saturated carbocycles. The number of alkyl carbamates (subject to hydrolysis) is 1. The van der Waals surface area contributed by atoms with Crippen molar-refractivity contribution in [3.63, 3.8) is 0 Å². The van der Waals surface area contributed by atoms with Gasteiger partial charge in [-0.05, 0) is 38.0 Å². The Labute approximate surface area is 336 Å². The Morgan fingerprint density at radius 3 is 1.80 bits per heavy atom. The maximum atomic E-state index is 13.8. The molecule has 0 aromatic heterocycles. The molecule has 0 spiro atoms. The zero-order valence-electron chi connectivity index (χ0n) is 30.7. The molecule has 5 N–H and O–H groups in total. The van der Waals surface area contributed by atoms with E-state index in [4.69, 9.17) is 44.6 Å². The number of alkyl halides is 3. The highest BCUT2D eigenvalue weighted by Crippen LogP contribution is 2.30. The van der Waals surface area contributed by atoms with E-state index in [9.17, 15) is 33.6 Å². The Bertz CT molecular complexity index is 1430. The van der Waals surface area contributed by atoms with E-state index >= 15 is 0 Å². The minimum Gasteiger partial charge on any atom is -0.480 e. The molecule has 1 aliphatic heterocycles. The van der Waals surface area contributed by atoms with Crippen molar-refractivity contribution in [3.8, 4) is 0 Å². The summed E-state index contributed by atoms with van der Waals surface area (Å²) in [5.41, 5.74) is 0. The number of likely N-dealkylation sites (tertiary alicyclic amines) is 1. The summed E-state index contributed by atoms with van der Waals surface area (Å²) in [5.74, 6) is -5.51. The smallest absolute Gasteiger partial charge is 0.407 e. The molecule has 3 atom stereocenters. The fourth-order valence-corrected chi connectivity index (χ4v) is 6.05. The van der Waals surface area contributed by atoms with Crippen molar-refractivity contribution >= 4 is 76.3 Å². The Kier molecular flexibility index (Phi) is 21.8. The van der Waals surface area contributed by atoms with Gasteiger partial charge in [-0.2, -0.15) is 0 Å². The third-order valence-corrected chi connectivity index (χ3v) is 8.81.